The molecule has 1 atom stereocenters. The summed E-state index contributed by atoms with van der Waals surface area (Å²) >= 11 is 0. The van der Waals surface area contributed by atoms with E-state index >= 15 is 0 Å². The SMILES string of the molecule is NC(=O)[C@@H]1CCCN1C(=O)c1ccc(N2CCC(N3C(=O)OCc4ccccc43)CC2)c([N+](=O)[O-])c1. The van der Waals surface area contributed by atoms with E-state index in [-0.39, 0.29) is 30.0 Å². The van der Waals surface area contributed by atoms with E-state index in [0.717, 1.165) is 11.3 Å². The van der Waals surface area contributed by atoms with E-state index in [1.54, 1.807) is 17.0 Å². The molecule has 3 heterocycles. The molecule has 0 spiro atoms. The van der Waals surface area contributed by atoms with Gasteiger partial charge in [-0.3, -0.25) is 24.6 Å². The molecule has 0 saturated carbocycles. The minimum Gasteiger partial charge on any atom is -0.444 e. The van der Waals surface area contributed by atoms with Crippen LogP contribution < -0.4 is 15.5 Å². The summed E-state index contributed by atoms with van der Waals surface area (Å²) in [7, 11) is 0. The Hall–Kier alpha value is -4.15. The number of amides is 3. The molecule has 2 saturated heterocycles. The van der Waals surface area contributed by atoms with Crippen molar-refractivity contribution in [3.8, 4) is 0 Å². The van der Waals surface area contributed by atoms with Gasteiger partial charge in [-0.25, -0.2) is 4.79 Å². The number of anilines is 2. The van der Waals surface area contributed by atoms with E-state index in [1.807, 2.05) is 29.2 Å². The molecular weight excluding hydrogens is 466 g/mol. The number of carbonyl (C=O) groups is 3. The first-order valence-corrected chi connectivity index (χ1v) is 12.0. The van der Waals surface area contributed by atoms with Crippen LogP contribution >= 0.6 is 0 Å². The van der Waals surface area contributed by atoms with Crippen molar-refractivity contribution in [1.29, 1.82) is 0 Å². The monoisotopic (exact) mass is 493 g/mol. The van der Waals surface area contributed by atoms with Gasteiger partial charge in [0.05, 0.1) is 10.6 Å². The van der Waals surface area contributed by atoms with E-state index in [4.69, 9.17) is 10.5 Å². The lowest BCUT2D eigenvalue weighted by molar-refractivity contribution is -0.384. The molecule has 2 aromatic rings. The predicted molar refractivity (Wildman–Crippen MR) is 131 cm³/mol. The van der Waals surface area contributed by atoms with Crippen LogP contribution in [0.15, 0.2) is 42.5 Å². The first-order valence-electron chi connectivity index (χ1n) is 12.0. The summed E-state index contributed by atoms with van der Waals surface area (Å²) in [6.45, 7) is 1.64. The summed E-state index contributed by atoms with van der Waals surface area (Å²) in [5, 5.41) is 11.9. The molecule has 2 aromatic carbocycles. The number of nitrogens with zero attached hydrogens (tertiary/aromatic N) is 4. The van der Waals surface area contributed by atoms with Gasteiger partial charge in [0.2, 0.25) is 5.91 Å². The highest BCUT2D eigenvalue weighted by atomic mass is 16.6. The van der Waals surface area contributed by atoms with Crippen molar-refractivity contribution >= 4 is 35.0 Å². The van der Waals surface area contributed by atoms with Gasteiger partial charge in [-0.1, -0.05) is 18.2 Å². The average Bonchev–Trinajstić information content (AvgIpc) is 3.38. The number of carbonyl (C=O) groups excluding carboxylic acids is 3. The molecule has 2 N–H and O–H groups in total. The molecule has 11 heteroatoms. The number of primary amides is 1. The van der Waals surface area contributed by atoms with Crippen LogP contribution in [-0.2, 0) is 16.1 Å². The maximum atomic E-state index is 13.0. The predicted octanol–water partition coefficient (Wildman–Crippen LogP) is 2.81. The van der Waals surface area contributed by atoms with Crippen LogP contribution in [0.2, 0.25) is 0 Å². The van der Waals surface area contributed by atoms with Crippen LogP contribution in [0, 0.1) is 10.1 Å². The normalized spacial score (nSPS) is 20.2. The van der Waals surface area contributed by atoms with Crippen molar-refractivity contribution < 1.29 is 24.0 Å². The molecule has 11 nitrogen and oxygen atoms in total. The number of hydrogen-bond acceptors (Lipinski definition) is 7. The van der Waals surface area contributed by atoms with Gasteiger partial charge in [0.15, 0.2) is 0 Å². The van der Waals surface area contributed by atoms with Gasteiger partial charge >= 0.3 is 6.09 Å². The van der Waals surface area contributed by atoms with Crippen molar-refractivity contribution in [2.45, 2.75) is 44.4 Å². The molecule has 5 rings (SSSR count). The molecule has 0 aromatic heterocycles. The first kappa shape index (κ1) is 23.6. The molecule has 3 aliphatic rings. The van der Waals surface area contributed by atoms with E-state index in [9.17, 15) is 24.5 Å². The van der Waals surface area contributed by atoms with Gasteiger partial charge in [-0.05, 0) is 43.9 Å². The van der Waals surface area contributed by atoms with Gasteiger partial charge < -0.3 is 20.3 Å². The van der Waals surface area contributed by atoms with Crippen molar-refractivity contribution in [3.63, 3.8) is 0 Å². The average molecular weight is 494 g/mol. The Morgan fingerprint density at radius 2 is 1.78 bits per heavy atom. The second-order valence-corrected chi connectivity index (χ2v) is 9.29. The van der Waals surface area contributed by atoms with Crippen LogP contribution in [0.4, 0.5) is 21.9 Å². The fourth-order valence-corrected chi connectivity index (χ4v) is 5.43. The van der Waals surface area contributed by atoms with Crippen molar-refractivity contribution in [2.75, 3.05) is 29.4 Å². The van der Waals surface area contributed by atoms with Gasteiger partial charge in [-0.2, -0.15) is 0 Å². The second-order valence-electron chi connectivity index (χ2n) is 9.29. The fraction of sp³-hybridized carbons (Fsp3) is 0.400. The van der Waals surface area contributed by atoms with Crippen molar-refractivity contribution in [1.82, 2.24) is 4.90 Å². The summed E-state index contributed by atoms with van der Waals surface area (Å²) in [5.74, 6) is -1.01. The lowest BCUT2D eigenvalue weighted by atomic mass is 9.99. The number of para-hydroxylation sites is 1. The Labute approximate surface area is 207 Å². The Kier molecular flexibility index (Phi) is 6.21. The molecule has 2 fully saturated rings. The quantitative estimate of drug-likeness (QED) is 0.499. The Morgan fingerprint density at radius 1 is 1.03 bits per heavy atom. The number of nitro groups is 1. The van der Waals surface area contributed by atoms with Crippen LogP contribution in [0.25, 0.3) is 0 Å². The zero-order valence-corrected chi connectivity index (χ0v) is 19.7. The zero-order valence-electron chi connectivity index (χ0n) is 19.7. The highest BCUT2D eigenvalue weighted by Gasteiger charge is 2.36. The van der Waals surface area contributed by atoms with Crippen LogP contribution in [0.1, 0.15) is 41.6 Å². The van der Waals surface area contributed by atoms with Gasteiger partial charge in [0.1, 0.15) is 18.3 Å². The Morgan fingerprint density at radius 3 is 2.50 bits per heavy atom. The molecule has 0 radical (unpaired) electrons. The summed E-state index contributed by atoms with van der Waals surface area (Å²) < 4.78 is 5.35. The third-order valence-corrected chi connectivity index (χ3v) is 7.23. The number of hydrogen-bond donors (Lipinski definition) is 1. The number of ether oxygens (including phenoxy) is 1. The van der Waals surface area contributed by atoms with Crippen molar-refractivity contribution in [3.05, 3.63) is 63.7 Å². The molecule has 0 unspecified atom stereocenters. The second kappa shape index (κ2) is 9.48. The summed E-state index contributed by atoms with van der Waals surface area (Å²) in [6.07, 6.45) is 1.98. The summed E-state index contributed by atoms with van der Waals surface area (Å²) in [4.78, 5) is 53.7. The Bertz CT molecular complexity index is 1230. The number of nitrogens with two attached hydrogens (primary N) is 1. The van der Waals surface area contributed by atoms with Gasteiger partial charge in [0.25, 0.3) is 11.6 Å². The largest absolute Gasteiger partial charge is 0.444 e. The highest BCUT2D eigenvalue weighted by molar-refractivity contribution is 5.99. The smallest absolute Gasteiger partial charge is 0.414 e. The Balaban J connectivity index is 1.33. The topological polar surface area (TPSA) is 139 Å². The third kappa shape index (κ3) is 4.21. The maximum absolute atomic E-state index is 13.0. The first-order chi connectivity index (χ1) is 17.3. The lowest BCUT2D eigenvalue weighted by Crippen LogP contribution is -2.49. The fourth-order valence-electron chi connectivity index (χ4n) is 5.43. The van der Waals surface area contributed by atoms with Gasteiger partial charge in [-0.15, -0.1) is 0 Å². The van der Waals surface area contributed by atoms with E-state index < -0.39 is 22.8 Å². The third-order valence-electron chi connectivity index (χ3n) is 7.23. The molecule has 188 valence electrons. The van der Waals surface area contributed by atoms with Crippen molar-refractivity contribution in [2.24, 2.45) is 5.73 Å². The molecule has 3 amide bonds. The number of likely N-dealkylation sites (tertiary alicyclic amines) is 1. The van der Waals surface area contributed by atoms with Gasteiger partial charge in [0, 0.05) is 42.9 Å². The molecule has 0 bridgehead atoms. The van der Waals surface area contributed by atoms with Crippen LogP contribution in [0.3, 0.4) is 0 Å². The number of cyclic esters (lactones) is 1. The summed E-state index contributed by atoms with van der Waals surface area (Å²) in [5.41, 5.74) is 7.62. The molecule has 36 heavy (non-hydrogen) atoms. The zero-order chi connectivity index (χ0) is 25.4. The number of piperidine rings is 1. The number of fused-ring (bicyclic) bond motifs is 1. The van der Waals surface area contributed by atoms with Crippen LogP contribution in [-0.4, -0.2) is 59.4 Å². The summed E-state index contributed by atoms with van der Waals surface area (Å²) in [6, 6.07) is 11.3. The van der Waals surface area contributed by atoms with Crippen LogP contribution in [0.5, 0.6) is 0 Å². The minimum absolute atomic E-state index is 0.0870. The number of rotatable bonds is 5. The molecular formula is C25H27N5O6. The van der Waals surface area contributed by atoms with E-state index in [2.05, 4.69) is 0 Å². The highest BCUT2D eigenvalue weighted by Crippen LogP contribution is 2.36. The minimum atomic E-state index is -0.693. The maximum Gasteiger partial charge on any atom is 0.414 e. The standard InChI is InChI=1S/C25H27N5O6/c26-23(31)21-6-3-11-28(21)24(32)16-7-8-20(22(14-16)30(34)35)27-12-9-18(10-13-27)29-19-5-2-1-4-17(19)15-36-25(29)33/h1-2,4-5,7-8,14,18,21H,3,6,9-13,15H2,(H2,26,31)/t21-/m0/s1. The molecule has 3 aliphatic heterocycles. The molecule has 0 aliphatic carbocycles. The number of benzene rings is 2. The lowest BCUT2D eigenvalue weighted by Gasteiger charge is -2.40. The van der Waals surface area contributed by atoms with E-state index in [0.29, 0.717) is 51.0 Å². The van der Waals surface area contributed by atoms with E-state index in [1.165, 1.54) is 11.0 Å². The number of nitro benzene ring substituents is 1.